The second kappa shape index (κ2) is 8.19. The summed E-state index contributed by atoms with van der Waals surface area (Å²) in [7, 11) is -2.20. The smallest absolute Gasteiger partial charge is 0.255 e. The number of sulfonamides is 1. The Balaban J connectivity index is 1.88. The number of amides is 1. The van der Waals surface area contributed by atoms with E-state index in [4.69, 9.17) is 0 Å². The summed E-state index contributed by atoms with van der Waals surface area (Å²) >= 11 is 0. The molecule has 1 fully saturated rings. The normalized spacial score (nSPS) is 15.5. The van der Waals surface area contributed by atoms with Crippen LogP contribution in [0.15, 0.2) is 53.4 Å². The summed E-state index contributed by atoms with van der Waals surface area (Å²) in [4.78, 5) is 14.3. The maximum Gasteiger partial charge on any atom is 0.255 e. The molecule has 0 bridgehead atoms. The van der Waals surface area contributed by atoms with Gasteiger partial charge in [0.25, 0.3) is 5.91 Å². The monoisotopic (exact) mass is 390 g/mol. The van der Waals surface area contributed by atoms with E-state index in [9.17, 15) is 17.6 Å². The Bertz CT molecular complexity index is 924. The summed E-state index contributed by atoms with van der Waals surface area (Å²) in [5.41, 5.74) is 0.492. The van der Waals surface area contributed by atoms with E-state index in [2.05, 4.69) is 0 Å². The van der Waals surface area contributed by atoms with Crippen molar-refractivity contribution in [3.63, 3.8) is 0 Å². The molecule has 27 heavy (non-hydrogen) atoms. The molecule has 1 aliphatic rings. The van der Waals surface area contributed by atoms with Gasteiger partial charge in [-0.1, -0.05) is 36.8 Å². The van der Waals surface area contributed by atoms with Gasteiger partial charge in [0.1, 0.15) is 5.82 Å². The third-order valence-electron chi connectivity index (χ3n) is 4.76. The van der Waals surface area contributed by atoms with Gasteiger partial charge >= 0.3 is 0 Å². The molecule has 0 aromatic heterocycles. The lowest BCUT2D eigenvalue weighted by Crippen LogP contribution is -2.37. The standard InChI is InChI=1S/C20H23FN2O3S/c1-22(15-16-9-3-5-11-18(16)21)20(24)17-10-4-6-12-19(17)27(25,26)23-13-7-2-8-14-23/h3-6,9-12H,2,7-8,13-15H2,1H3. The summed E-state index contributed by atoms with van der Waals surface area (Å²) < 4.78 is 41.4. The Morgan fingerprint density at radius 3 is 2.37 bits per heavy atom. The molecule has 2 aromatic rings. The van der Waals surface area contributed by atoms with Gasteiger partial charge in [0.05, 0.1) is 10.5 Å². The zero-order valence-corrected chi connectivity index (χ0v) is 16.1. The molecule has 0 aliphatic carbocycles. The van der Waals surface area contributed by atoms with Crippen molar-refractivity contribution < 1.29 is 17.6 Å². The Kier molecular flexibility index (Phi) is 5.92. The van der Waals surface area contributed by atoms with Gasteiger partial charge in [-0.05, 0) is 31.0 Å². The van der Waals surface area contributed by atoms with E-state index in [1.165, 1.54) is 27.4 Å². The number of piperidine rings is 1. The minimum atomic E-state index is -3.74. The van der Waals surface area contributed by atoms with Crippen molar-refractivity contribution in [3.05, 3.63) is 65.5 Å². The van der Waals surface area contributed by atoms with Crippen molar-refractivity contribution in [2.24, 2.45) is 0 Å². The largest absolute Gasteiger partial charge is 0.337 e. The average molecular weight is 390 g/mol. The number of carbonyl (C=O) groups is 1. The summed E-state index contributed by atoms with van der Waals surface area (Å²) in [6.45, 7) is 0.995. The van der Waals surface area contributed by atoms with Crippen molar-refractivity contribution in [2.45, 2.75) is 30.7 Å². The Morgan fingerprint density at radius 1 is 1.04 bits per heavy atom. The van der Waals surface area contributed by atoms with E-state index in [1.807, 2.05) is 0 Å². The lowest BCUT2D eigenvalue weighted by atomic mass is 10.1. The van der Waals surface area contributed by atoms with Crippen molar-refractivity contribution in [1.82, 2.24) is 9.21 Å². The first kappa shape index (κ1) is 19.5. The first-order chi connectivity index (χ1) is 12.9. The molecule has 7 heteroatoms. The van der Waals surface area contributed by atoms with Crippen LogP contribution in [0.1, 0.15) is 35.2 Å². The predicted molar refractivity (Wildman–Crippen MR) is 101 cm³/mol. The van der Waals surface area contributed by atoms with Gasteiger partial charge in [0.2, 0.25) is 10.0 Å². The molecule has 0 saturated carbocycles. The van der Waals surface area contributed by atoms with Crippen molar-refractivity contribution >= 4 is 15.9 Å². The number of nitrogens with zero attached hydrogens (tertiary/aromatic N) is 2. The number of carbonyl (C=O) groups excluding carboxylic acids is 1. The fourth-order valence-corrected chi connectivity index (χ4v) is 4.97. The second-order valence-corrected chi connectivity index (χ2v) is 8.62. The van der Waals surface area contributed by atoms with Gasteiger partial charge in [-0.25, -0.2) is 12.8 Å². The van der Waals surface area contributed by atoms with Crippen LogP contribution in [0.2, 0.25) is 0 Å². The zero-order valence-electron chi connectivity index (χ0n) is 15.3. The lowest BCUT2D eigenvalue weighted by molar-refractivity contribution is 0.0780. The van der Waals surface area contributed by atoms with Gasteiger partial charge in [0, 0.05) is 32.2 Å². The molecule has 0 spiro atoms. The van der Waals surface area contributed by atoms with Gasteiger partial charge in [-0.15, -0.1) is 0 Å². The van der Waals surface area contributed by atoms with Crippen LogP contribution in [-0.2, 0) is 16.6 Å². The van der Waals surface area contributed by atoms with Gasteiger partial charge in [-0.3, -0.25) is 4.79 Å². The first-order valence-electron chi connectivity index (χ1n) is 8.99. The third kappa shape index (κ3) is 4.20. The molecular weight excluding hydrogens is 367 g/mol. The van der Waals surface area contributed by atoms with Crippen LogP contribution < -0.4 is 0 Å². The minimum Gasteiger partial charge on any atom is -0.337 e. The van der Waals surface area contributed by atoms with Gasteiger partial charge < -0.3 is 4.90 Å². The molecule has 1 aliphatic heterocycles. The lowest BCUT2D eigenvalue weighted by Gasteiger charge is -2.27. The molecule has 144 valence electrons. The average Bonchev–Trinajstić information content (AvgIpc) is 2.69. The van der Waals surface area contributed by atoms with Gasteiger partial charge in [0.15, 0.2) is 0 Å². The van der Waals surface area contributed by atoms with E-state index < -0.39 is 21.7 Å². The van der Waals surface area contributed by atoms with Crippen LogP contribution >= 0.6 is 0 Å². The quantitative estimate of drug-likeness (QED) is 0.787. The number of hydrogen-bond donors (Lipinski definition) is 0. The fraction of sp³-hybridized carbons (Fsp3) is 0.350. The highest BCUT2D eigenvalue weighted by Crippen LogP contribution is 2.25. The fourth-order valence-electron chi connectivity index (χ4n) is 3.27. The maximum atomic E-state index is 13.9. The summed E-state index contributed by atoms with van der Waals surface area (Å²) in [5, 5.41) is 0. The molecule has 0 N–H and O–H groups in total. The third-order valence-corrected chi connectivity index (χ3v) is 6.72. The number of halogens is 1. The number of benzene rings is 2. The zero-order chi connectivity index (χ0) is 19.4. The minimum absolute atomic E-state index is 0.0114. The Morgan fingerprint density at radius 2 is 1.67 bits per heavy atom. The molecule has 2 aromatic carbocycles. The molecule has 0 radical (unpaired) electrons. The molecule has 1 amide bonds. The SMILES string of the molecule is CN(Cc1ccccc1F)C(=O)c1ccccc1S(=O)(=O)N1CCCCC1. The molecule has 5 nitrogen and oxygen atoms in total. The molecule has 1 saturated heterocycles. The number of hydrogen-bond acceptors (Lipinski definition) is 3. The van der Waals surface area contributed by atoms with Crippen molar-refractivity contribution in [3.8, 4) is 0 Å². The molecule has 1 heterocycles. The van der Waals surface area contributed by atoms with E-state index in [0.29, 0.717) is 18.7 Å². The van der Waals surface area contributed by atoms with Gasteiger partial charge in [-0.2, -0.15) is 4.31 Å². The van der Waals surface area contributed by atoms with Crippen molar-refractivity contribution in [1.29, 1.82) is 0 Å². The van der Waals surface area contributed by atoms with Crippen LogP contribution in [0.3, 0.4) is 0 Å². The first-order valence-corrected chi connectivity index (χ1v) is 10.4. The molecular formula is C20H23FN2O3S. The van der Waals surface area contributed by atoms with E-state index >= 15 is 0 Å². The van der Waals surface area contributed by atoms with Crippen LogP contribution in [0, 0.1) is 5.82 Å². The van der Waals surface area contributed by atoms with Crippen molar-refractivity contribution in [2.75, 3.05) is 20.1 Å². The molecule has 0 atom stereocenters. The van der Waals surface area contributed by atoms with Crippen LogP contribution in [0.4, 0.5) is 4.39 Å². The molecule has 0 unspecified atom stereocenters. The summed E-state index contributed by atoms with van der Waals surface area (Å²) in [6.07, 6.45) is 2.66. The van der Waals surface area contributed by atoms with E-state index in [1.54, 1.807) is 37.4 Å². The van der Waals surface area contributed by atoms with Crippen LogP contribution in [0.25, 0.3) is 0 Å². The Hall–Kier alpha value is -2.25. The second-order valence-electron chi connectivity index (χ2n) is 6.71. The summed E-state index contributed by atoms with van der Waals surface area (Å²) in [6, 6.07) is 12.5. The maximum absolute atomic E-state index is 13.9. The topological polar surface area (TPSA) is 57.7 Å². The van der Waals surface area contributed by atoms with Crippen LogP contribution in [0.5, 0.6) is 0 Å². The molecule has 3 rings (SSSR count). The predicted octanol–water partition coefficient (Wildman–Crippen LogP) is 3.27. The highest BCUT2D eigenvalue weighted by atomic mass is 32.2. The highest BCUT2D eigenvalue weighted by Gasteiger charge is 2.30. The van der Waals surface area contributed by atoms with E-state index in [0.717, 1.165) is 19.3 Å². The van der Waals surface area contributed by atoms with E-state index in [-0.39, 0.29) is 17.0 Å². The summed E-state index contributed by atoms with van der Waals surface area (Å²) in [5.74, 6) is -0.846. The number of rotatable bonds is 5. The highest BCUT2D eigenvalue weighted by molar-refractivity contribution is 7.89. The van der Waals surface area contributed by atoms with Crippen LogP contribution in [-0.4, -0.2) is 43.7 Å². The Labute approximate surface area is 159 Å².